The second-order valence-electron chi connectivity index (χ2n) is 13.0. The molecule has 0 saturated carbocycles. The Balaban J connectivity index is 0.00000397. The van der Waals surface area contributed by atoms with Gasteiger partial charge in [-0.2, -0.15) is 0 Å². The maximum absolute atomic E-state index is 5.15. The number of para-hydroxylation sites is 3. The zero-order valence-electron chi connectivity index (χ0n) is 29.4. The smallest absolute Gasteiger partial charge is 0.137 e. The second-order valence-corrected chi connectivity index (χ2v) is 13.0. The normalized spacial score (nSPS) is 12.1. The number of rotatable bonds is 7. The molecule has 0 fully saturated rings. The van der Waals surface area contributed by atoms with E-state index in [4.69, 9.17) is 15.0 Å². The molecule has 0 spiro atoms. The topological polar surface area (TPSA) is 50.1 Å². The van der Waals surface area contributed by atoms with Crippen LogP contribution in [-0.4, -0.2) is 19.5 Å². The number of fused-ring (bicyclic) bond motifs is 4. The summed E-state index contributed by atoms with van der Waals surface area (Å²) in [6.07, 6.45) is 5.55. The number of pyridine rings is 3. The Kier molecular flexibility index (Phi) is 9.11. The average Bonchev–Trinajstić information content (AvgIpc) is 3.80. The summed E-state index contributed by atoms with van der Waals surface area (Å²) in [5.74, 6) is 0.753. The Morgan fingerprint density at radius 2 is 1.16 bits per heavy atom. The van der Waals surface area contributed by atoms with E-state index in [1.54, 1.807) is 6.20 Å². The number of nitrogens with zero attached hydrogens (tertiary/aromatic N) is 6. The van der Waals surface area contributed by atoms with E-state index < -0.39 is 0 Å². The van der Waals surface area contributed by atoms with Crippen molar-refractivity contribution < 1.29 is 21.1 Å². The summed E-state index contributed by atoms with van der Waals surface area (Å²) in [6.45, 7) is 2.15. The molecular weight excluding hydrogens is 856 g/mol. The quantitative estimate of drug-likeness (QED) is 0.118. The van der Waals surface area contributed by atoms with Crippen molar-refractivity contribution in [1.82, 2.24) is 19.5 Å². The van der Waals surface area contributed by atoms with Crippen LogP contribution in [0.1, 0.15) is 22.3 Å². The van der Waals surface area contributed by atoms with E-state index in [1.165, 1.54) is 0 Å². The third kappa shape index (κ3) is 6.11. The fourth-order valence-corrected chi connectivity index (χ4v) is 7.39. The molecule has 1 aliphatic heterocycles. The maximum Gasteiger partial charge on any atom is 0.137 e. The monoisotopic (exact) mass is 886 g/mol. The first kappa shape index (κ1) is 34.2. The molecule has 55 heavy (non-hydrogen) atoms. The Hall–Kier alpha value is -6.62. The molecule has 1 aliphatic rings. The van der Waals surface area contributed by atoms with Gasteiger partial charge in [-0.25, -0.2) is 9.97 Å². The summed E-state index contributed by atoms with van der Waals surface area (Å²) in [6, 6.07) is 64.0. The van der Waals surface area contributed by atoms with Gasteiger partial charge in [-0.3, -0.25) is 4.57 Å². The zero-order valence-corrected chi connectivity index (χ0v) is 31.7. The third-order valence-corrected chi connectivity index (χ3v) is 9.77. The van der Waals surface area contributed by atoms with Gasteiger partial charge in [0.25, 0.3) is 0 Å². The molecule has 7 heteroatoms. The van der Waals surface area contributed by atoms with Crippen molar-refractivity contribution in [2.24, 2.45) is 0 Å². The van der Waals surface area contributed by atoms with Gasteiger partial charge in [-0.05, 0) is 64.7 Å². The number of hydrogen-bond acceptors (Lipinski definition) is 5. The number of hydrogen-bond donors (Lipinski definition) is 0. The SMILES string of the molecule is [Pt].[c-]1c(C(=C(c2ccccc2)c2ccccc2)c2[c-]c3c(nc2)c2cccnc2n3-c2ccccn2)cccc1N1[CH-]N(c2ccccc2)c2ccccc21. The molecule has 0 aliphatic carbocycles. The molecule has 0 atom stereocenters. The summed E-state index contributed by atoms with van der Waals surface area (Å²) in [5.41, 5.74) is 12.5. The van der Waals surface area contributed by atoms with Crippen molar-refractivity contribution in [3.05, 3.63) is 223 Å². The van der Waals surface area contributed by atoms with E-state index in [0.717, 1.165) is 84.0 Å². The van der Waals surface area contributed by atoms with Gasteiger partial charge in [0.2, 0.25) is 0 Å². The van der Waals surface area contributed by atoms with E-state index in [2.05, 4.69) is 167 Å². The van der Waals surface area contributed by atoms with E-state index in [1.807, 2.05) is 42.7 Å². The molecule has 10 rings (SSSR count). The van der Waals surface area contributed by atoms with Crippen LogP contribution in [0.5, 0.6) is 0 Å². The van der Waals surface area contributed by atoms with Crippen molar-refractivity contribution in [3.63, 3.8) is 0 Å². The molecule has 0 saturated heterocycles. The van der Waals surface area contributed by atoms with Crippen LogP contribution in [0.3, 0.4) is 0 Å². The van der Waals surface area contributed by atoms with Crippen molar-refractivity contribution in [2.45, 2.75) is 0 Å². The van der Waals surface area contributed by atoms with Crippen molar-refractivity contribution in [2.75, 3.05) is 9.80 Å². The summed E-state index contributed by atoms with van der Waals surface area (Å²) >= 11 is 0. The largest absolute Gasteiger partial charge is 0.488 e. The number of anilines is 4. The van der Waals surface area contributed by atoms with E-state index >= 15 is 0 Å². The third-order valence-electron chi connectivity index (χ3n) is 9.77. The van der Waals surface area contributed by atoms with E-state index in [0.29, 0.717) is 0 Å². The average molecular weight is 887 g/mol. The first-order valence-electron chi connectivity index (χ1n) is 17.9. The summed E-state index contributed by atoms with van der Waals surface area (Å²) < 4.78 is 2.05. The van der Waals surface area contributed by atoms with Crippen LogP contribution < -0.4 is 9.80 Å². The predicted octanol–water partition coefficient (Wildman–Crippen LogP) is 11.0. The minimum absolute atomic E-state index is 0. The predicted molar refractivity (Wildman–Crippen MR) is 218 cm³/mol. The van der Waals surface area contributed by atoms with Crippen LogP contribution in [0.2, 0.25) is 0 Å². The fraction of sp³-hybridized carbons (Fsp3) is 0. The van der Waals surface area contributed by atoms with Gasteiger partial charge in [-0.15, -0.1) is 53.7 Å². The van der Waals surface area contributed by atoms with Gasteiger partial charge < -0.3 is 14.8 Å². The minimum atomic E-state index is 0. The molecule has 0 unspecified atom stereocenters. The Morgan fingerprint density at radius 1 is 0.509 bits per heavy atom. The summed E-state index contributed by atoms with van der Waals surface area (Å²) in [7, 11) is 0. The Bertz CT molecular complexity index is 2760. The van der Waals surface area contributed by atoms with Crippen LogP contribution in [0.25, 0.3) is 39.0 Å². The van der Waals surface area contributed by atoms with Crippen LogP contribution >= 0.6 is 0 Å². The first-order chi connectivity index (χ1) is 26.8. The fourth-order valence-electron chi connectivity index (χ4n) is 7.39. The summed E-state index contributed by atoms with van der Waals surface area (Å²) in [4.78, 5) is 19.1. The molecule has 0 N–H and O–H groups in total. The molecule has 266 valence electrons. The molecule has 5 heterocycles. The van der Waals surface area contributed by atoms with Crippen LogP contribution in [0.15, 0.2) is 182 Å². The number of aromatic nitrogens is 4. The minimum Gasteiger partial charge on any atom is -0.488 e. The van der Waals surface area contributed by atoms with Crippen molar-refractivity contribution >= 4 is 56.0 Å². The Labute approximate surface area is 334 Å². The Morgan fingerprint density at radius 3 is 1.87 bits per heavy atom. The zero-order chi connectivity index (χ0) is 35.8. The van der Waals surface area contributed by atoms with Gasteiger partial charge in [0.15, 0.2) is 0 Å². The van der Waals surface area contributed by atoms with Crippen LogP contribution in [-0.2, 0) is 21.1 Å². The molecule has 6 nitrogen and oxygen atoms in total. The van der Waals surface area contributed by atoms with Crippen molar-refractivity contribution in [1.29, 1.82) is 0 Å². The molecule has 0 radical (unpaired) electrons. The second kappa shape index (κ2) is 14.7. The van der Waals surface area contributed by atoms with Crippen LogP contribution in [0.4, 0.5) is 22.7 Å². The van der Waals surface area contributed by atoms with Gasteiger partial charge in [0.1, 0.15) is 11.5 Å². The molecular formula is C48H31N6Pt-3. The molecule has 0 bridgehead atoms. The van der Waals surface area contributed by atoms with Gasteiger partial charge in [0, 0.05) is 61.4 Å². The standard InChI is InChI=1S/C48H31N6.Pt/c1-4-16-34(17-5-1)45(35-18-6-2-7-19-35)46(37-31-43-47(51-32-37)40-24-15-29-50-48(40)54(43)44-27-12-13-28-49-44)36-20-14-23-39(30-36)53-33-52(38-21-8-3-9-22-38)41-25-10-11-26-42(41)53;/h1-29,32-33H;/q-3;. The molecule has 9 aromatic rings. The van der Waals surface area contributed by atoms with Crippen LogP contribution in [0, 0.1) is 18.8 Å². The maximum atomic E-state index is 5.15. The number of benzene rings is 5. The summed E-state index contributed by atoms with van der Waals surface area (Å²) in [5, 5.41) is 0.942. The van der Waals surface area contributed by atoms with Gasteiger partial charge in [-0.1, -0.05) is 115 Å². The molecule has 4 aromatic heterocycles. The molecule has 0 amide bonds. The van der Waals surface area contributed by atoms with Gasteiger partial charge >= 0.3 is 0 Å². The van der Waals surface area contributed by atoms with Gasteiger partial charge in [0.05, 0.1) is 0 Å². The van der Waals surface area contributed by atoms with E-state index in [-0.39, 0.29) is 21.1 Å². The molecule has 5 aromatic carbocycles. The van der Waals surface area contributed by atoms with Crippen molar-refractivity contribution in [3.8, 4) is 5.82 Å². The first-order valence-corrected chi connectivity index (χ1v) is 17.9. The van der Waals surface area contributed by atoms with E-state index in [9.17, 15) is 0 Å².